The Kier molecular flexibility index (Phi) is 5.76. The first-order valence-electron chi connectivity index (χ1n) is 8.84. The highest BCUT2D eigenvalue weighted by Gasteiger charge is 2.37. The molecule has 0 spiro atoms. The Balaban J connectivity index is 1.76. The third-order valence-electron chi connectivity index (χ3n) is 4.27. The van der Waals surface area contributed by atoms with Gasteiger partial charge in [0.2, 0.25) is 0 Å². The number of hydrogen-bond donors (Lipinski definition) is 0. The molecular weight excluding hydrogens is 300 g/mol. The van der Waals surface area contributed by atoms with E-state index in [1.165, 1.54) is 0 Å². The van der Waals surface area contributed by atoms with Gasteiger partial charge in [0.05, 0.1) is 24.5 Å². The fourth-order valence-corrected chi connectivity index (χ4v) is 3.03. The van der Waals surface area contributed by atoms with Gasteiger partial charge in [-0.25, -0.2) is 0 Å². The summed E-state index contributed by atoms with van der Waals surface area (Å²) in [5.74, 6) is 0.802. The summed E-state index contributed by atoms with van der Waals surface area (Å²) in [7, 11) is 0. The van der Waals surface area contributed by atoms with Gasteiger partial charge in [0, 0.05) is 12.8 Å². The summed E-state index contributed by atoms with van der Waals surface area (Å²) >= 11 is 0. The van der Waals surface area contributed by atoms with Gasteiger partial charge in [-0.3, -0.25) is 0 Å². The van der Waals surface area contributed by atoms with E-state index in [0.29, 0.717) is 13.0 Å². The monoisotopic (exact) mass is 326 g/mol. The molecule has 0 atom stereocenters. The van der Waals surface area contributed by atoms with Gasteiger partial charge in [0.1, 0.15) is 0 Å². The highest BCUT2D eigenvalue weighted by atomic mass is 16.9. The summed E-state index contributed by atoms with van der Waals surface area (Å²) < 4.78 is 18.6. The minimum absolute atomic E-state index is 0.440. The van der Waals surface area contributed by atoms with Gasteiger partial charge in [-0.15, -0.1) is 6.58 Å². The van der Waals surface area contributed by atoms with Gasteiger partial charge < -0.3 is 14.2 Å². The van der Waals surface area contributed by atoms with Crippen LogP contribution in [0, 0.1) is 0 Å². The van der Waals surface area contributed by atoms with Crippen molar-refractivity contribution >= 4 is 0 Å². The Labute approximate surface area is 144 Å². The van der Waals surface area contributed by atoms with Crippen LogP contribution in [0.25, 0.3) is 0 Å². The summed E-state index contributed by atoms with van der Waals surface area (Å²) in [5.41, 5.74) is 1.10. The molecule has 0 amide bonds. The van der Waals surface area contributed by atoms with Crippen LogP contribution < -0.4 is 0 Å². The molecule has 0 aromatic heterocycles. The number of rotatable bonds is 9. The molecule has 0 saturated carbocycles. The zero-order valence-electron chi connectivity index (χ0n) is 14.2. The molecule has 0 heterocycles. The molecule has 128 valence electrons. The second-order valence-corrected chi connectivity index (χ2v) is 6.28. The average Bonchev–Trinajstić information content (AvgIpc) is 3.28. The molecule has 0 saturated heterocycles. The Hall–Kier alpha value is -2.00. The first-order valence-corrected chi connectivity index (χ1v) is 8.84. The Morgan fingerprint density at radius 1 is 0.958 bits per heavy atom. The Bertz CT molecular complexity index is 575. The maximum absolute atomic E-state index is 6.23. The van der Waals surface area contributed by atoms with E-state index in [2.05, 4.69) is 18.7 Å². The summed E-state index contributed by atoms with van der Waals surface area (Å²) in [6.45, 7) is 4.31. The van der Waals surface area contributed by atoms with E-state index in [1.807, 2.05) is 30.3 Å². The highest BCUT2D eigenvalue weighted by molar-refractivity contribution is 5.13. The lowest BCUT2D eigenvalue weighted by Crippen LogP contribution is -2.38. The van der Waals surface area contributed by atoms with Crippen molar-refractivity contribution < 1.29 is 14.2 Å². The largest absolute Gasteiger partial charge is 0.435 e. The molecule has 0 fully saturated rings. The molecule has 0 radical (unpaired) electrons. The van der Waals surface area contributed by atoms with E-state index in [9.17, 15) is 0 Å². The smallest absolute Gasteiger partial charge is 0.374 e. The van der Waals surface area contributed by atoms with Crippen molar-refractivity contribution in [3.05, 3.63) is 72.2 Å². The normalized spacial score (nSPS) is 17.3. The van der Waals surface area contributed by atoms with Crippen LogP contribution in [0.4, 0.5) is 0 Å². The van der Waals surface area contributed by atoms with Crippen molar-refractivity contribution in [2.75, 3.05) is 0 Å². The van der Waals surface area contributed by atoms with Crippen molar-refractivity contribution in [3.63, 3.8) is 0 Å². The maximum atomic E-state index is 6.23. The molecule has 24 heavy (non-hydrogen) atoms. The fraction of sp³-hybridized carbons (Fsp3) is 0.429. The van der Waals surface area contributed by atoms with Crippen LogP contribution in [-0.2, 0) is 20.8 Å². The number of benzene rings is 1. The van der Waals surface area contributed by atoms with E-state index in [0.717, 1.165) is 55.6 Å². The summed E-state index contributed by atoms with van der Waals surface area (Å²) in [6.07, 6.45) is 12.8. The number of hydrogen-bond acceptors (Lipinski definition) is 3. The van der Waals surface area contributed by atoms with Crippen molar-refractivity contribution in [2.24, 2.45) is 0 Å². The van der Waals surface area contributed by atoms with Crippen LogP contribution in [0.2, 0.25) is 0 Å². The zero-order chi connectivity index (χ0) is 16.7. The molecule has 0 N–H and O–H groups in total. The van der Waals surface area contributed by atoms with Gasteiger partial charge in [0.25, 0.3) is 0 Å². The zero-order valence-corrected chi connectivity index (χ0v) is 14.2. The fourth-order valence-electron chi connectivity index (χ4n) is 3.03. The van der Waals surface area contributed by atoms with E-state index in [-0.39, 0.29) is 0 Å². The topological polar surface area (TPSA) is 27.7 Å². The second-order valence-electron chi connectivity index (χ2n) is 6.28. The number of allylic oxidation sites excluding steroid dienone is 4. The number of ether oxygens (including phenoxy) is 3. The minimum atomic E-state index is -1.12. The molecule has 2 aliphatic rings. The molecule has 3 heteroatoms. The van der Waals surface area contributed by atoms with Gasteiger partial charge in [-0.2, -0.15) is 0 Å². The first kappa shape index (κ1) is 16.8. The third kappa shape index (κ3) is 4.51. The lowest BCUT2D eigenvalue weighted by Gasteiger charge is -2.34. The van der Waals surface area contributed by atoms with Crippen LogP contribution in [0.5, 0.6) is 0 Å². The molecule has 3 nitrogen and oxygen atoms in total. The molecule has 1 aromatic rings. The third-order valence-corrected chi connectivity index (χ3v) is 4.27. The first-order chi connectivity index (χ1) is 11.8. The van der Waals surface area contributed by atoms with Crippen LogP contribution in [0.15, 0.2) is 66.7 Å². The summed E-state index contributed by atoms with van der Waals surface area (Å²) in [6, 6.07) is 10.1. The minimum Gasteiger partial charge on any atom is -0.435 e. The van der Waals surface area contributed by atoms with Gasteiger partial charge in [0.15, 0.2) is 0 Å². The lowest BCUT2D eigenvalue weighted by atomic mass is 10.2. The van der Waals surface area contributed by atoms with Crippen LogP contribution in [-0.4, -0.2) is 5.97 Å². The van der Waals surface area contributed by atoms with Gasteiger partial charge >= 0.3 is 5.97 Å². The van der Waals surface area contributed by atoms with Gasteiger partial charge in [-0.05, 0) is 43.4 Å². The molecule has 0 bridgehead atoms. The van der Waals surface area contributed by atoms with Crippen LogP contribution in [0.1, 0.15) is 50.5 Å². The Morgan fingerprint density at radius 3 is 2.08 bits per heavy atom. The van der Waals surface area contributed by atoms with Crippen molar-refractivity contribution in [2.45, 2.75) is 57.5 Å². The van der Waals surface area contributed by atoms with Gasteiger partial charge in [-0.1, -0.05) is 36.4 Å². The van der Waals surface area contributed by atoms with Crippen LogP contribution in [0.3, 0.4) is 0 Å². The molecule has 1 aromatic carbocycles. The van der Waals surface area contributed by atoms with Crippen molar-refractivity contribution in [3.8, 4) is 0 Å². The van der Waals surface area contributed by atoms with E-state index in [4.69, 9.17) is 14.2 Å². The summed E-state index contributed by atoms with van der Waals surface area (Å²) in [5, 5.41) is 0. The molecule has 3 rings (SSSR count). The Morgan fingerprint density at radius 2 is 1.58 bits per heavy atom. The quantitative estimate of drug-likeness (QED) is 0.436. The maximum Gasteiger partial charge on any atom is 0.374 e. The molecule has 2 aliphatic carbocycles. The second kappa shape index (κ2) is 8.20. The van der Waals surface area contributed by atoms with E-state index in [1.54, 1.807) is 6.08 Å². The highest BCUT2D eigenvalue weighted by Crippen LogP contribution is 2.34. The molecule has 0 aliphatic heterocycles. The lowest BCUT2D eigenvalue weighted by molar-refractivity contribution is -0.355. The average molecular weight is 326 g/mol. The van der Waals surface area contributed by atoms with E-state index >= 15 is 0 Å². The van der Waals surface area contributed by atoms with Crippen molar-refractivity contribution in [1.29, 1.82) is 0 Å². The summed E-state index contributed by atoms with van der Waals surface area (Å²) in [4.78, 5) is 0. The van der Waals surface area contributed by atoms with Crippen LogP contribution >= 0.6 is 0 Å². The van der Waals surface area contributed by atoms with Crippen molar-refractivity contribution in [1.82, 2.24) is 0 Å². The predicted octanol–water partition coefficient (Wildman–Crippen LogP) is 5.60. The predicted molar refractivity (Wildman–Crippen MR) is 94.8 cm³/mol. The SMILES string of the molecule is C=CCC(OCc1ccccc1)(OC1=CCCC1)OC1=CCCC1. The standard InChI is InChI=1S/C21H26O3/c1-2-16-21(23-19-12-6-7-13-19,24-20-14-8-9-15-20)22-17-18-10-4-3-5-11-18/h2-5,10-12,14H,1,6-9,13,15-17H2. The van der Waals surface area contributed by atoms with E-state index < -0.39 is 5.97 Å². The molecular formula is C21H26O3. The molecule has 0 unspecified atom stereocenters.